The minimum Gasteiger partial charge on any atom is -0.370 e. The van der Waals surface area contributed by atoms with Gasteiger partial charge in [0.1, 0.15) is 0 Å². The van der Waals surface area contributed by atoms with Gasteiger partial charge in [-0.15, -0.1) is 0 Å². The maximum absolute atomic E-state index is 5.98. The molecule has 1 rings (SSSR count). The molecular weight excluding hydrogens is 318 g/mol. The van der Waals surface area contributed by atoms with E-state index in [9.17, 15) is 0 Å². The normalized spacial score (nSPS) is 17.7. The first kappa shape index (κ1) is 23.3. The van der Waals surface area contributed by atoms with Gasteiger partial charge in [-0.25, -0.2) is 0 Å². The fourth-order valence-electron chi connectivity index (χ4n) is 3.97. The lowest BCUT2D eigenvalue weighted by Crippen LogP contribution is -2.44. The van der Waals surface area contributed by atoms with Crippen LogP contribution in [0.5, 0.6) is 0 Å². The number of hydrogen-bond donors (Lipinski definition) is 2. The molecule has 3 nitrogen and oxygen atoms in total. The van der Waals surface area contributed by atoms with Crippen LogP contribution in [0.15, 0.2) is 12.4 Å². The van der Waals surface area contributed by atoms with Gasteiger partial charge in [-0.2, -0.15) is 0 Å². The summed E-state index contributed by atoms with van der Waals surface area (Å²) in [4.78, 5) is 2.23. The van der Waals surface area contributed by atoms with E-state index in [0.717, 1.165) is 0 Å². The Morgan fingerprint density at radius 3 is 1.62 bits per heavy atom. The van der Waals surface area contributed by atoms with Crippen molar-refractivity contribution < 1.29 is 0 Å². The minimum absolute atomic E-state index is 0.104. The highest BCUT2D eigenvalue weighted by molar-refractivity contribution is 4.95. The van der Waals surface area contributed by atoms with Crippen LogP contribution in [0.1, 0.15) is 123 Å². The van der Waals surface area contributed by atoms with Crippen molar-refractivity contribution in [2.45, 2.75) is 135 Å². The van der Waals surface area contributed by atoms with Crippen molar-refractivity contribution in [1.82, 2.24) is 10.2 Å². The van der Waals surface area contributed by atoms with Crippen LogP contribution in [0.3, 0.4) is 0 Å². The maximum Gasteiger partial charge on any atom is 0.0995 e. The largest absolute Gasteiger partial charge is 0.370 e. The van der Waals surface area contributed by atoms with Crippen molar-refractivity contribution in [2.75, 3.05) is 0 Å². The molecule has 3 N–H and O–H groups in total. The van der Waals surface area contributed by atoms with E-state index >= 15 is 0 Å². The Morgan fingerprint density at radius 1 is 0.769 bits per heavy atom. The van der Waals surface area contributed by atoms with E-state index in [1.165, 1.54) is 109 Å². The molecule has 0 aromatic heterocycles. The van der Waals surface area contributed by atoms with E-state index in [-0.39, 0.29) is 6.17 Å². The molecule has 2 unspecified atom stereocenters. The third-order valence-electron chi connectivity index (χ3n) is 5.70. The monoisotopic (exact) mass is 365 g/mol. The number of hydrogen-bond acceptors (Lipinski definition) is 3. The predicted molar refractivity (Wildman–Crippen MR) is 116 cm³/mol. The Balaban J connectivity index is 1.75. The smallest absolute Gasteiger partial charge is 0.0995 e. The average Bonchev–Trinajstić information content (AvgIpc) is 3.10. The standard InChI is InChI=1S/C23H47N3/c1-3-4-5-6-7-8-9-10-11-12-13-14-15-16-17-18-19-23-25-20-21-26(23)22(2)24/h20-23,25H,3-19,24H2,1-2H3. The molecule has 1 aliphatic heterocycles. The van der Waals surface area contributed by atoms with E-state index in [1.54, 1.807) is 0 Å². The second-order valence-corrected chi connectivity index (χ2v) is 8.28. The van der Waals surface area contributed by atoms with Crippen molar-refractivity contribution in [3.63, 3.8) is 0 Å². The van der Waals surface area contributed by atoms with Crippen LogP contribution in [0, 0.1) is 0 Å². The van der Waals surface area contributed by atoms with Gasteiger partial charge in [0.2, 0.25) is 0 Å². The van der Waals surface area contributed by atoms with Gasteiger partial charge in [0.25, 0.3) is 0 Å². The zero-order valence-electron chi connectivity index (χ0n) is 17.9. The molecule has 0 fully saturated rings. The topological polar surface area (TPSA) is 41.3 Å². The second-order valence-electron chi connectivity index (χ2n) is 8.28. The Hall–Kier alpha value is -0.700. The van der Waals surface area contributed by atoms with Crippen LogP contribution < -0.4 is 11.1 Å². The second kappa shape index (κ2) is 16.5. The van der Waals surface area contributed by atoms with Gasteiger partial charge in [0.05, 0.1) is 12.3 Å². The Bertz CT molecular complexity index is 327. The Morgan fingerprint density at radius 2 is 1.19 bits per heavy atom. The van der Waals surface area contributed by atoms with E-state index in [0.29, 0.717) is 6.17 Å². The Kier molecular flexibility index (Phi) is 14.8. The summed E-state index contributed by atoms with van der Waals surface area (Å²) in [5.41, 5.74) is 5.98. The van der Waals surface area contributed by atoms with Crippen LogP contribution in [0.4, 0.5) is 0 Å². The maximum atomic E-state index is 5.98. The highest BCUT2D eigenvalue weighted by atomic mass is 15.3. The molecular formula is C23H47N3. The molecule has 0 aromatic carbocycles. The van der Waals surface area contributed by atoms with Gasteiger partial charge in [-0.1, -0.05) is 103 Å². The lowest BCUT2D eigenvalue weighted by molar-refractivity contribution is 0.208. The summed E-state index contributed by atoms with van der Waals surface area (Å²) < 4.78 is 0. The molecule has 0 amide bonds. The molecule has 0 saturated heterocycles. The summed E-state index contributed by atoms with van der Waals surface area (Å²) in [6.45, 7) is 4.35. The minimum atomic E-state index is 0.104. The van der Waals surface area contributed by atoms with E-state index in [2.05, 4.69) is 30.3 Å². The first-order valence-corrected chi connectivity index (χ1v) is 11.7. The van der Waals surface area contributed by atoms with Gasteiger partial charge < -0.3 is 16.0 Å². The van der Waals surface area contributed by atoms with Crippen LogP contribution in [-0.2, 0) is 0 Å². The number of nitrogens with two attached hydrogens (primary N) is 1. The molecule has 0 aromatic rings. The molecule has 0 saturated carbocycles. The number of rotatable bonds is 18. The Labute approximate surface area is 164 Å². The third kappa shape index (κ3) is 11.8. The molecule has 1 heterocycles. The fourth-order valence-corrected chi connectivity index (χ4v) is 3.97. The first-order valence-electron chi connectivity index (χ1n) is 11.7. The van der Waals surface area contributed by atoms with Gasteiger partial charge in [0, 0.05) is 12.4 Å². The molecule has 2 atom stereocenters. The lowest BCUT2D eigenvalue weighted by Gasteiger charge is -2.28. The molecule has 0 bridgehead atoms. The highest BCUT2D eigenvalue weighted by Crippen LogP contribution is 2.16. The molecule has 26 heavy (non-hydrogen) atoms. The zero-order chi connectivity index (χ0) is 18.9. The van der Waals surface area contributed by atoms with Crippen LogP contribution in [0.2, 0.25) is 0 Å². The number of nitrogens with zero attached hydrogens (tertiary/aromatic N) is 1. The number of unbranched alkanes of at least 4 members (excludes halogenated alkanes) is 15. The van der Waals surface area contributed by atoms with Crippen molar-refractivity contribution in [3.8, 4) is 0 Å². The average molecular weight is 366 g/mol. The molecule has 0 aliphatic carbocycles. The number of nitrogens with one attached hydrogen (secondary N) is 1. The zero-order valence-corrected chi connectivity index (χ0v) is 17.9. The lowest BCUT2D eigenvalue weighted by atomic mass is 10.0. The summed E-state index contributed by atoms with van der Waals surface area (Å²) in [5.74, 6) is 0. The van der Waals surface area contributed by atoms with Gasteiger partial charge in [-0.05, 0) is 19.8 Å². The van der Waals surface area contributed by atoms with Crippen LogP contribution in [-0.4, -0.2) is 17.2 Å². The molecule has 3 heteroatoms. The van der Waals surface area contributed by atoms with Gasteiger partial charge in [0.15, 0.2) is 0 Å². The third-order valence-corrected chi connectivity index (χ3v) is 5.70. The first-order chi connectivity index (χ1) is 12.8. The fraction of sp³-hybridized carbons (Fsp3) is 0.913. The molecule has 154 valence electrons. The SMILES string of the molecule is CCCCCCCCCCCCCCCCCCC1NC=CN1C(C)N. The van der Waals surface area contributed by atoms with Crippen molar-refractivity contribution in [3.05, 3.63) is 12.4 Å². The quantitative estimate of drug-likeness (QED) is 0.267. The van der Waals surface area contributed by atoms with E-state index in [1.807, 2.05) is 6.20 Å². The molecule has 1 aliphatic rings. The highest BCUT2D eigenvalue weighted by Gasteiger charge is 2.20. The predicted octanol–water partition coefficient (Wildman–Crippen LogP) is 6.65. The van der Waals surface area contributed by atoms with E-state index in [4.69, 9.17) is 5.73 Å². The van der Waals surface area contributed by atoms with Crippen molar-refractivity contribution in [2.24, 2.45) is 5.73 Å². The van der Waals surface area contributed by atoms with Crippen LogP contribution in [0.25, 0.3) is 0 Å². The summed E-state index contributed by atoms with van der Waals surface area (Å²) in [5, 5.41) is 3.41. The van der Waals surface area contributed by atoms with Crippen molar-refractivity contribution >= 4 is 0 Å². The summed E-state index contributed by atoms with van der Waals surface area (Å²) in [6.07, 6.45) is 28.7. The van der Waals surface area contributed by atoms with Gasteiger partial charge >= 0.3 is 0 Å². The molecule has 0 radical (unpaired) electrons. The summed E-state index contributed by atoms with van der Waals surface area (Å²) in [6, 6.07) is 0. The summed E-state index contributed by atoms with van der Waals surface area (Å²) in [7, 11) is 0. The van der Waals surface area contributed by atoms with E-state index < -0.39 is 0 Å². The molecule has 0 spiro atoms. The van der Waals surface area contributed by atoms with Crippen molar-refractivity contribution in [1.29, 1.82) is 0 Å². The summed E-state index contributed by atoms with van der Waals surface area (Å²) >= 11 is 0. The van der Waals surface area contributed by atoms with Crippen LogP contribution >= 0.6 is 0 Å². The van der Waals surface area contributed by atoms with Gasteiger partial charge in [-0.3, -0.25) is 0 Å².